The number of carboxylic acid groups (broad SMARTS) is 1. The van der Waals surface area contributed by atoms with Crippen LogP contribution in [0.2, 0.25) is 0 Å². The Labute approximate surface area is 106 Å². The summed E-state index contributed by atoms with van der Waals surface area (Å²) in [4.78, 5) is 22.3. The van der Waals surface area contributed by atoms with E-state index in [9.17, 15) is 9.59 Å². The number of carbonyl (C=O) groups excluding carboxylic acids is 1. The second kappa shape index (κ2) is 6.18. The van der Waals surface area contributed by atoms with Crippen LogP contribution in [-0.4, -0.2) is 33.7 Å². The SMILES string of the molecule is Cc1n[nH]c(C)c1C(=O)NCC(C)CCC(=O)O. The first-order valence-electron chi connectivity index (χ1n) is 5.93. The van der Waals surface area contributed by atoms with E-state index in [4.69, 9.17) is 5.11 Å². The zero-order valence-electron chi connectivity index (χ0n) is 10.9. The van der Waals surface area contributed by atoms with Gasteiger partial charge in [0.1, 0.15) is 0 Å². The van der Waals surface area contributed by atoms with Gasteiger partial charge in [-0.25, -0.2) is 0 Å². The number of H-pyrrole nitrogens is 1. The maximum atomic E-state index is 11.9. The van der Waals surface area contributed by atoms with E-state index >= 15 is 0 Å². The molecule has 6 nitrogen and oxygen atoms in total. The zero-order chi connectivity index (χ0) is 13.7. The van der Waals surface area contributed by atoms with Crippen molar-refractivity contribution in [1.29, 1.82) is 0 Å². The summed E-state index contributed by atoms with van der Waals surface area (Å²) in [5.41, 5.74) is 1.98. The van der Waals surface area contributed by atoms with Crippen LogP contribution < -0.4 is 5.32 Å². The Hall–Kier alpha value is -1.85. The molecule has 1 heterocycles. The fraction of sp³-hybridized carbons (Fsp3) is 0.583. The summed E-state index contributed by atoms with van der Waals surface area (Å²) >= 11 is 0. The van der Waals surface area contributed by atoms with Crippen molar-refractivity contribution >= 4 is 11.9 Å². The lowest BCUT2D eigenvalue weighted by atomic mass is 10.1. The molecular weight excluding hydrogens is 234 g/mol. The summed E-state index contributed by atoms with van der Waals surface area (Å²) in [5.74, 6) is -0.840. The molecule has 1 unspecified atom stereocenters. The van der Waals surface area contributed by atoms with Crippen molar-refractivity contribution in [3.8, 4) is 0 Å². The van der Waals surface area contributed by atoms with E-state index < -0.39 is 5.97 Å². The molecule has 0 radical (unpaired) electrons. The highest BCUT2D eigenvalue weighted by Crippen LogP contribution is 2.10. The van der Waals surface area contributed by atoms with Crippen molar-refractivity contribution in [1.82, 2.24) is 15.5 Å². The number of amides is 1. The Morgan fingerprint density at radius 1 is 1.44 bits per heavy atom. The van der Waals surface area contributed by atoms with E-state index in [1.54, 1.807) is 13.8 Å². The largest absolute Gasteiger partial charge is 0.481 e. The van der Waals surface area contributed by atoms with Crippen LogP contribution in [0.1, 0.15) is 41.5 Å². The van der Waals surface area contributed by atoms with Gasteiger partial charge in [-0.15, -0.1) is 0 Å². The molecule has 0 saturated carbocycles. The smallest absolute Gasteiger partial charge is 0.303 e. The summed E-state index contributed by atoms with van der Waals surface area (Å²) < 4.78 is 0. The maximum absolute atomic E-state index is 11.9. The molecule has 0 spiro atoms. The lowest BCUT2D eigenvalue weighted by molar-refractivity contribution is -0.137. The minimum Gasteiger partial charge on any atom is -0.481 e. The number of nitrogens with zero attached hydrogens (tertiary/aromatic N) is 1. The normalized spacial score (nSPS) is 12.2. The molecule has 1 aromatic heterocycles. The molecule has 18 heavy (non-hydrogen) atoms. The van der Waals surface area contributed by atoms with Crippen LogP contribution in [0.15, 0.2) is 0 Å². The van der Waals surface area contributed by atoms with Gasteiger partial charge < -0.3 is 10.4 Å². The second-order valence-electron chi connectivity index (χ2n) is 4.56. The third-order valence-corrected chi connectivity index (χ3v) is 2.82. The number of aliphatic carboxylic acids is 1. The van der Waals surface area contributed by atoms with Gasteiger partial charge in [-0.2, -0.15) is 5.10 Å². The van der Waals surface area contributed by atoms with Crippen molar-refractivity contribution in [3.05, 3.63) is 17.0 Å². The highest BCUT2D eigenvalue weighted by molar-refractivity contribution is 5.96. The summed E-state index contributed by atoms with van der Waals surface area (Å²) in [6.07, 6.45) is 0.680. The van der Waals surface area contributed by atoms with Gasteiger partial charge >= 0.3 is 5.97 Å². The van der Waals surface area contributed by atoms with Crippen LogP contribution in [0.25, 0.3) is 0 Å². The number of hydrogen-bond donors (Lipinski definition) is 3. The van der Waals surface area contributed by atoms with E-state index in [1.807, 2.05) is 6.92 Å². The lowest BCUT2D eigenvalue weighted by Gasteiger charge is -2.11. The summed E-state index contributed by atoms with van der Waals surface area (Å²) in [6.45, 7) is 5.95. The first-order valence-corrected chi connectivity index (χ1v) is 5.93. The van der Waals surface area contributed by atoms with Gasteiger partial charge in [0.2, 0.25) is 0 Å². The van der Waals surface area contributed by atoms with Crippen molar-refractivity contribution in [3.63, 3.8) is 0 Å². The number of nitrogens with one attached hydrogen (secondary N) is 2. The molecule has 0 aliphatic carbocycles. The predicted molar refractivity (Wildman–Crippen MR) is 66.4 cm³/mol. The molecular formula is C12H19N3O3. The molecule has 6 heteroatoms. The molecule has 1 atom stereocenters. The number of carboxylic acids is 1. The Kier molecular flexibility index (Phi) is 4.88. The maximum Gasteiger partial charge on any atom is 0.303 e. The molecule has 0 fully saturated rings. The van der Waals surface area contributed by atoms with Gasteiger partial charge in [-0.1, -0.05) is 6.92 Å². The monoisotopic (exact) mass is 253 g/mol. The first kappa shape index (κ1) is 14.2. The van der Waals surface area contributed by atoms with Gasteiger partial charge in [-0.3, -0.25) is 14.7 Å². The van der Waals surface area contributed by atoms with Crippen molar-refractivity contribution < 1.29 is 14.7 Å². The van der Waals surface area contributed by atoms with Gasteiger partial charge in [-0.05, 0) is 26.2 Å². The van der Waals surface area contributed by atoms with Crippen LogP contribution in [0.3, 0.4) is 0 Å². The number of rotatable bonds is 6. The quantitative estimate of drug-likeness (QED) is 0.711. The molecule has 1 rings (SSSR count). The van der Waals surface area contributed by atoms with Gasteiger partial charge in [0.15, 0.2) is 0 Å². The summed E-state index contributed by atoms with van der Waals surface area (Å²) in [5, 5.41) is 18.1. The van der Waals surface area contributed by atoms with Crippen molar-refractivity contribution in [2.24, 2.45) is 5.92 Å². The van der Waals surface area contributed by atoms with Crippen molar-refractivity contribution in [2.45, 2.75) is 33.6 Å². The molecule has 0 bridgehead atoms. The standard InChI is InChI=1S/C12H19N3O3/c1-7(4-5-10(16)17)6-13-12(18)11-8(2)14-15-9(11)3/h7H,4-6H2,1-3H3,(H,13,18)(H,14,15)(H,16,17). The molecule has 3 N–H and O–H groups in total. The Balaban J connectivity index is 2.44. The van der Waals surface area contributed by atoms with Crippen LogP contribution >= 0.6 is 0 Å². The highest BCUT2D eigenvalue weighted by atomic mass is 16.4. The first-order chi connectivity index (χ1) is 8.41. The predicted octanol–water partition coefficient (Wildman–Crippen LogP) is 1.26. The average Bonchev–Trinajstić information content (AvgIpc) is 2.63. The van der Waals surface area contributed by atoms with Crippen LogP contribution in [0.4, 0.5) is 0 Å². The van der Waals surface area contributed by atoms with E-state index in [2.05, 4.69) is 15.5 Å². The number of aromatic nitrogens is 2. The van der Waals surface area contributed by atoms with E-state index in [0.717, 1.165) is 5.69 Å². The summed E-state index contributed by atoms with van der Waals surface area (Å²) in [7, 11) is 0. The lowest BCUT2D eigenvalue weighted by Crippen LogP contribution is -2.29. The minimum absolute atomic E-state index is 0.126. The number of carbonyl (C=O) groups is 2. The molecule has 0 saturated heterocycles. The molecule has 1 amide bonds. The number of aryl methyl sites for hydroxylation is 2. The summed E-state index contributed by atoms with van der Waals surface area (Å²) in [6, 6.07) is 0. The topological polar surface area (TPSA) is 95.1 Å². The zero-order valence-corrected chi connectivity index (χ0v) is 10.9. The molecule has 1 aromatic rings. The molecule has 0 aromatic carbocycles. The van der Waals surface area contributed by atoms with Crippen LogP contribution in [0, 0.1) is 19.8 Å². The Morgan fingerprint density at radius 2 is 2.11 bits per heavy atom. The van der Waals surface area contributed by atoms with Crippen LogP contribution in [-0.2, 0) is 4.79 Å². The fourth-order valence-corrected chi connectivity index (χ4v) is 1.71. The number of hydrogen-bond acceptors (Lipinski definition) is 3. The van der Waals surface area contributed by atoms with Gasteiger partial charge in [0.25, 0.3) is 5.91 Å². The second-order valence-corrected chi connectivity index (χ2v) is 4.56. The van der Waals surface area contributed by atoms with Crippen molar-refractivity contribution in [2.75, 3.05) is 6.54 Å². The molecule has 0 aliphatic heterocycles. The highest BCUT2D eigenvalue weighted by Gasteiger charge is 2.15. The molecule has 100 valence electrons. The Morgan fingerprint density at radius 3 is 2.61 bits per heavy atom. The minimum atomic E-state index is -0.810. The van der Waals surface area contributed by atoms with Gasteiger partial charge in [0.05, 0.1) is 11.3 Å². The van der Waals surface area contributed by atoms with E-state index in [1.165, 1.54) is 0 Å². The number of aromatic amines is 1. The third-order valence-electron chi connectivity index (χ3n) is 2.82. The van der Waals surface area contributed by atoms with E-state index in [0.29, 0.717) is 24.2 Å². The average molecular weight is 253 g/mol. The third kappa shape index (κ3) is 3.87. The van der Waals surface area contributed by atoms with Gasteiger partial charge in [0, 0.05) is 18.7 Å². The van der Waals surface area contributed by atoms with E-state index in [-0.39, 0.29) is 18.2 Å². The Bertz CT molecular complexity index is 420. The van der Waals surface area contributed by atoms with Crippen LogP contribution in [0.5, 0.6) is 0 Å². The fourth-order valence-electron chi connectivity index (χ4n) is 1.71. The molecule has 0 aliphatic rings.